The van der Waals surface area contributed by atoms with Gasteiger partial charge in [-0.15, -0.1) is 0 Å². The van der Waals surface area contributed by atoms with Crippen LogP contribution in [0.5, 0.6) is 0 Å². The number of aryl methyl sites for hydroxylation is 3. The summed E-state index contributed by atoms with van der Waals surface area (Å²) >= 11 is 9.64. The van der Waals surface area contributed by atoms with Gasteiger partial charge in [-0.3, -0.25) is 4.68 Å². The average molecular weight is 344 g/mol. The quantitative estimate of drug-likeness (QED) is 0.795. The smallest absolute Gasteiger partial charge is 0.164 e. The van der Waals surface area contributed by atoms with Crippen LogP contribution < -0.4 is 0 Å². The summed E-state index contributed by atoms with van der Waals surface area (Å²) in [5.41, 5.74) is 3.87. The topological polar surface area (TPSA) is 43.6 Å². The fourth-order valence-corrected chi connectivity index (χ4v) is 2.64. The van der Waals surface area contributed by atoms with Crippen LogP contribution in [0, 0.1) is 13.8 Å². The minimum Gasteiger partial charge on any atom is -0.272 e. The van der Waals surface area contributed by atoms with Crippen LogP contribution in [-0.4, -0.2) is 19.7 Å². The van der Waals surface area contributed by atoms with E-state index in [2.05, 4.69) is 37.9 Å². The molecule has 0 saturated heterocycles. The first-order chi connectivity index (χ1) is 8.95. The van der Waals surface area contributed by atoms with Gasteiger partial charge >= 0.3 is 0 Å². The predicted molar refractivity (Wildman–Crippen MR) is 80.4 cm³/mol. The Morgan fingerprint density at radius 3 is 2.47 bits per heavy atom. The second-order valence-electron chi connectivity index (χ2n) is 4.52. The Bertz CT molecular complexity index is 622. The van der Waals surface area contributed by atoms with Gasteiger partial charge in [0.2, 0.25) is 0 Å². The Morgan fingerprint density at radius 1 is 1.26 bits per heavy atom. The van der Waals surface area contributed by atoms with Crippen LogP contribution in [-0.2, 0) is 13.5 Å². The molecule has 0 saturated carbocycles. The molecule has 0 bridgehead atoms. The van der Waals surface area contributed by atoms with Crippen molar-refractivity contribution in [1.82, 2.24) is 19.7 Å². The largest absolute Gasteiger partial charge is 0.272 e. The summed E-state index contributed by atoms with van der Waals surface area (Å²) in [5, 5.41) is 4.85. The molecule has 0 spiro atoms. The number of rotatable bonds is 3. The number of halogens is 2. The highest BCUT2D eigenvalue weighted by molar-refractivity contribution is 9.10. The zero-order valence-electron chi connectivity index (χ0n) is 11.5. The molecule has 0 amide bonds. The van der Waals surface area contributed by atoms with Crippen molar-refractivity contribution in [2.24, 2.45) is 7.05 Å². The first-order valence-electron chi connectivity index (χ1n) is 6.18. The summed E-state index contributed by atoms with van der Waals surface area (Å²) in [6.45, 7) is 6.08. The molecule has 0 aliphatic rings. The molecule has 0 radical (unpaired) electrons. The Labute approximate surface area is 126 Å². The van der Waals surface area contributed by atoms with Crippen molar-refractivity contribution >= 4 is 27.5 Å². The van der Waals surface area contributed by atoms with Gasteiger partial charge in [-0.05, 0) is 36.2 Å². The van der Waals surface area contributed by atoms with Crippen LogP contribution in [0.3, 0.4) is 0 Å². The zero-order valence-corrected chi connectivity index (χ0v) is 13.8. The van der Waals surface area contributed by atoms with Gasteiger partial charge in [-0.1, -0.05) is 24.9 Å². The van der Waals surface area contributed by atoms with Crippen molar-refractivity contribution in [3.63, 3.8) is 0 Å². The predicted octanol–water partition coefficient (Wildman–Crippen LogP) is 3.86. The molecule has 6 heteroatoms. The molecule has 19 heavy (non-hydrogen) atoms. The molecule has 2 heterocycles. The molecule has 4 nitrogen and oxygen atoms in total. The van der Waals surface area contributed by atoms with Gasteiger partial charge in [-0.25, -0.2) is 9.97 Å². The van der Waals surface area contributed by atoms with Crippen LogP contribution in [0.15, 0.2) is 4.47 Å². The molecule has 2 aromatic heterocycles. The summed E-state index contributed by atoms with van der Waals surface area (Å²) < 4.78 is 2.63. The Hall–Kier alpha value is -0.940. The Morgan fingerprint density at radius 2 is 1.95 bits per heavy atom. The Kier molecular flexibility index (Phi) is 4.26. The van der Waals surface area contributed by atoms with E-state index in [1.807, 2.05) is 25.6 Å². The lowest BCUT2D eigenvalue weighted by molar-refractivity contribution is 0.731. The van der Waals surface area contributed by atoms with Crippen molar-refractivity contribution in [1.29, 1.82) is 0 Å². The van der Waals surface area contributed by atoms with Crippen molar-refractivity contribution in [2.75, 3.05) is 0 Å². The van der Waals surface area contributed by atoms with Crippen molar-refractivity contribution < 1.29 is 0 Å². The molecule has 0 aliphatic heterocycles. The normalized spacial score (nSPS) is 11.1. The lowest BCUT2D eigenvalue weighted by Crippen LogP contribution is -2.00. The maximum Gasteiger partial charge on any atom is 0.164 e. The first-order valence-corrected chi connectivity index (χ1v) is 7.35. The van der Waals surface area contributed by atoms with Gasteiger partial charge in [0.25, 0.3) is 0 Å². The SMILES string of the molecule is CCCc1nc(-c2c(C)nn(C)c2C)nc(Cl)c1Br. The second kappa shape index (κ2) is 5.59. The van der Waals surface area contributed by atoms with E-state index >= 15 is 0 Å². The van der Waals surface area contributed by atoms with E-state index in [1.54, 1.807) is 0 Å². The molecule has 0 N–H and O–H groups in total. The standard InChI is InChI=1S/C13H16BrClN4/c1-5-6-9-11(14)12(15)17-13(16-9)10-7(2)18-19(4)8(10)3/h5-6H2,1-4H3. The highest BCUT2D eigenvalue weighted by atomic mass is 79.9. The summed E-state index contributed by atoms with van der Waals surface area (Å²) in [6.07, 6.45) is 1.88. The van der Waals surface area contributed by atoms with Crippen LogP contribution in [0.4, 0.5) is 0 Å². The number of aromatic nitrogens is 4. The van der Waals surface area contributed by atoms with E-state index in [4.69, 9.17) is 11.6 Å². The first kappa shape index (κ1) is 14.5. The van der Waals surface area contributed by atoms with Gasteiger partial charge in [-0.2, -0.15) is 5.10 Å². The minimum atomic E-state index is 0.455. The van der Waals surface area contributed by atoms with E-state index in [0.29, 0.717) is 11.0 Å². The lowest BCUT2D eigenvalue weighted by Gasteiger charge is -2.08. The molecule has 0 atom stereocenters. The third-order valence-corrected chi connectivity index (χ3v) is 4.43. The molecule has 0 unspecified atom stereocenters. The fourth-order valence-electron chi connectivity index (χ4n) is 2.07. The molecular weight excluding hydrogens is 328 g/mol. The van der Waals surface area contributed by atoms with Crippen LogP contribution in [0.2, 0.25) is 5.15 Å². The molecule has 0 aromatic carbocycles. The monoisotopic (exact) mass is 342 g/mol. The lowest BCUT2D eigenvalue weighted by atomic mass is 10.1. The van der Waals surface area contributed by atoms with E-state index < -0.39 is 0 Å². The molecule has 2 rings (SSSR count). The van der Waals surface area contributed by atoms with Crippen molar-refractivity contribution in [2.45, 2.75) is 33.6 Å². The highest BCUT2D eigenvalue weighted by Gasteiger charge is 2.17. The molecule has 0 fully saturated rings. The van der Waals surface area contributed by atoms with Crippen LogP contribution in [0.25, 0.3) is 11.4 Å². The van der Waals surface area contributed by atoms with Gasteiger partial charge in [0.1, 0.15) is 5.15 Å². The summed E-state index contributed by atoms with van der Waals surface area (Å²) in [7, 11) is 1.92. The molecular formula is C13H16BrClN4. The van der Waals surface area contributed by atoms with E-state index in [-0.39, 0.29) is 0 Å². The zero-order chi connectivity index (χ0) is 14.2. The van der Waals surface area contributed by atoms with Crippen molar-refractivity contribution in [3.8, 4) is 11.4 Å². The van der Waals surface area contributed by atoms with E-state index in [1.165, 1.54) is 0 Å². The number of hydrogen-bond donors (Lipinski definition) is 0. The number of nitrogens with zero attached hydrogens (tertiary/aromatic N) is 4. The summed E-state index contributed by atoms with van der Waals surface area (Å²) in [5.74, 6) is 0.653. The Balaban J connectivity index is 2.62. The fraction of sp³-hybridized carbons (Fsp3) is 0.462. The molecule has 2 aromatic rings. The average Bonchev–Trinajstić information content (AvgIpc) is 2.59. The number of hydrogen-bond acceptors (Lipinski definition) is 3. The van der Waals surface area contributed by atoms with Gasteiger partial charge in [0.15, 0.2) is 5.82 Å². The summed E-state index contributed by atoms with van der Waals surface area (Å²) in [4.78, 5) is 9.01. The van der Waals surface area contributed by atoms with E-state index in [9.17, 15) is 0 Å². The second-order valence-corrected chi connectivity index (χ2v) is 5.67. The van der Waals surface area contributed by atoms with Gasteiger partial charge < -0.3 is 0 Å². The maximum absolute atomic E-state index is 6.19. The van der Waals surface area contributed by atoms with Gasteiger partial charge in [0, 0.05) is 12.7 Å². The summed E-state index contributed by atoms with van der Waals surface area (Å²) in [6, 6.07) is 0. The third kappa shape index (κ3) is 2.67. The maximum atomic E-state index is 6.19. The van der Waals surface area contributed by atoms with Crippen molar-refractivity contribution in [3.05, 3.63) is 26.7 Å². The van der Waals surface area contributed by atoms with Gasteiger partial charge in [0.05, 0.1) is 21.4 Å². The third-order valence-electron chi connectivity index (χ3n) is 3.10. The minimum absolute atomic E-state index is 0.455. The highest BCUT2D eigenvalue weighted by Crippen LogP contribution is 2.30. The molecule has 102 valence electrons. The molecule has 0 aliphatic carbocycles. The van der Waals surface area contributed by atoms with Crippen LogP contribution >= 0.6 is 27.5 Å². The van der Waals surface area contributed by atoms with Crippen LogP contribution in [0.1, 0.15) is 30.4 Å². The van der Waals surface area contributed by atoms with E-state index in [0.717, 1.165) is 40.0 Å².